The van der Waals surface area contributed by atoms with Crippen LogP contribution in [0.2, 0.25) is 0 Å². The first-order chi connectivity index (χ1) is 14.0. The lowest BCUT2D eigenvalue weighted by molar-refractivity contribution is 0.0685. The van der Waals surface area contributed by atoms with Crippen molar-refractivity contribution in [1.82, 2.24) is 0 Å². The molecule has 29 heavy (non-hydrogen) atoms. The summed E-state index contributed by atoms with van der Waals surface area (Å²) in [5.74, 6) is 0.515. The van der Waals surface area contributed by atoms with Gasteiger partial charge in [-0.3, -0.25) is 0 Å². The average molecular weight is 403 g/mol. The van der Waals surface area contributed by atoms with Crippen LogP contribution < -0.4 is 0 Å². The Hall–Kier alpha value is -1.71. The van der Waals surface area contributed by atoms with Crippen LogP contribution in [-0.4, -0.2) is 11.1 Å². The first-order valence-electron chi connectivity index (χ1n) is 11.3. The molecule has 0 aliphatic heterocycles. The van der Waals surface area contributed by atoms with Crippen LogP contribution in [0.3, 0.4) is 0 Å². The van der Waals surface area contributed by atoms with Crippen molar-refractivity contribution < 1.29 is 18.7 Å². The van der Waals surface area contributed by atoms with Gasteiger partial charge in [0.2, 0.25) is 0 Å². The number of allylic oxidation sites excluding steroid dienone is 1. The van der Waals surface area contributed by atoms with Gasteiger partial charge in [0.05, 0.1) is 0 Å². The summed E-state index contributed by atoms with van der Waals surface area (Å²) in [4.78, 5) is 11.0. The van der Waals surface area contributed by atoms with E-state index in [-0.39, 0.29) is 5.92 Å². The molecule has 2 nitrogen and oxygen atoms in total. The highest BCUT2D eigenvalue weighted by molar-refractivity contribution is 5.88. The highest BCUT2D eigenvalue weighted by Crippen LogP contribution is 2.51. The maximum atomic E-state index is 14.1. The third kappa shape index (κ3) is 4.27. The number of carbonyl (C=O) groups is 1. The zero-order chi connectivity index (χ0) is 20.5. The van der Waals surface area contributed by atoms with Crippen LogP contribution >= 0.6 is 0 Å². The van der Waals surface area contributed by atoms with Crippen molar-refractivity contribution in [3.63, 3.8) is 0 Å². The van der Waals surface area contributed by atoms with Gasteiger partial charge in [-0.1, -0.05) is 6.08 Å². The molecule has 1 aromatic rings. The van der Waals surface area contributed by atoms with E-state index in [1.165, 1.54) is 57.1 Å². The van der Waals surface area contributed by atoms with Crippen molar-refractivity contribution in [2.45, 2.75) is 70.1 Å². The van der Waals surface area contributed by atoms with Gasteiger partial charge >= 0.3 is 5.97 Å². The smallest absolute Gasteiger partial charge is 0.341 e. The van der Waals surface area contributed by atoms with Crippen LogP contribution in [0.25, 0.3) is 0 Å². The van der Waals surface area contributed by atoms with Crippen LogP contribution in [0.1, 0.15) is 86.0 Å². The Labute approximate surface area is 172 Å². The van der Waals surface area contributed by atoms with Crippen molar-refractivity contribution in [3.05, 3.63) is 47.5 Å². The number of hydrogen-bond donors (Lipinski definition) is 1. The van der Waals surface area contributed by atoms with Gasteiger partial charge in [0.1, 0.15) is 17.2 Å². The highest BCUT2D eigenvalue weighted by Gasteiger charge is 2.39. The molecule has 4 rings (SSSR count). The summed E-state index contributed by atoms with van der Waals surface area (Å²) in [7, 11) is 0. The van der Waals surface area contributed by atoms with E-state index >= 15 is 0 Å². The number of aromatic carboxylic acids is 1. The Balaban J connectivity index is 1.38. The fourth-order valence-electron chi connectivity index (χ4n) is 6.54. The summed E-state index contributed by atoms with van der Waals surface area (Å²) in [6.45, 7) is 3.96. The summed E-state index contributed by atoms with van der Waals surface area (Å²) in [5.41, 5.74) is -0.206. The number of hydrogen-bond acceptors (Lipinski definition) is 1. The molecule has 3 aliphatic rings. The lowest BCUT2D eigenvalue weighted by Gasteiger charge is -2.45. The van der Waals surface area contributed by atoms with Crippen LogP contribution in [0.5, 0.6) is 0 Å². The molecule has 4 unspecified atom stereocenters. The number of halogens is 2. The van der Waals surface area contributed by atoms with Crippen molar-refractivity contribution >= 4 is 5.97 Å². The van der Waals surface area contributed by atoms with Crippen molar-refractivity contribution in [2.24, 2.45) is 29.6 Å². The van der Waals surface area contributed by atoms with Crippen molar-refractivity contribution in [2.75, 3.05) is 0 Å². The Kier molecular flexibility index (Phi) is 6.08. The SMILES string of the molecule is C=CC1CCC(C2CCC3CC(c4cc(F)c(C(=O)O)c(F)c4)CCC3C2)CC1. The summed E-state index contributed by atoms with van der Waals surface area (Å²) in [6.07, 6.45) is 14.3. The topological polar surface area (TPSA) is 37.3 Å². The minimum absolute atomic E-state index is 0.141. The number of rotatable bonds is 4. The van der Waals surface area contributed by atoms with Crippen molar-refractivity contribution in [1.29, 1.82) is 0 Å². The fourth-order valence-corrected chi connectivity index (χ4v) is 6.54. The molecule has 0 bridgehead atoms. The maximum Gasteiger partial charge on any atom is 0.341 e. The molecule has 4 atom stereocenters. The predicted molar refractivity (Wildman–Crippen MR) is 110 cm³/mol. The van der Waals surface area contributed by atoms with E-state index in [1.807, 2.05) is 0 Å². The van der Waals surface area contributed by atoms with Gasteiger partial charge in [-0.25, -0.2) is 13.6 Å². The molecule has 3 aliphatic carbocycles. The normalized spacial score (nSPS) is 35.0. The van der Waals surface area contributed by atoms with E-state index < -0.39 is 23.2 Å². The molecule has 0 aromatic heterocycles. The van der Waals surface area contributed by atoms with Gasteiger partial charge in [0.15, 0.2) is 0 Å². The maximum absolute atomic E-state index is 14.1. The Bertz CT molecular complexity index is 743. The third-order valence-electron chi connectivity index (χ3n) is 8.22. The second-order valence-corrected chi connectivity index (χ2v) is 9.68. The molecule has 1 N–H and O–H groups in total. The molecule has 0 radical (unpaired) electrons. The number of benzene rings is 1. The van der Waals surface area contributed by atoms with Crippen LogP contribution in [-0.2, 0) is 0 Å². The minimum atomic E-state index is -1.55. The molecule has 0 heterocycles. The predicted octanol–water partition coefficient (Wildman–Crippen LogP) is 6.96. The molecule has 0 saturated heterocycles. The second-order valence-electron chi connectivity index (χ2n) is 9.68. The molecule has 0 spiro atoms. The van der Waals surface area contributed by atoms with Gasteiger partial charge in [0, 0.05) is 0 Å². The monoisotopic (exact) mass is 402 g/mol. The van der Waals surface area contributed by atoms with E-state index in [0.717, 1.165) is 37.0 Å². The van der Waals surface area contributed by atoms with E-state index in [4.69, 9.17) is 5.11 Å². The van der Waals surface area contributed by atoms with Crippen LogP contribution in [0, 0.1) is 41.2 Å². The van der Waals surface area contributed by atoms with Gasteiger partial charge in [0.25, 0.3) is 0 Å². The van der Waals surface area contributed by atoms with E-state index in [0.29, 0.717) is 17.4 Å². The standard InChI is InChI=1S/C25H32F2O2/c1-2-15-3-5-16(6-4-15)17-7-8-19-12-20(10-9-18(19)11-17)21-13-22(26)24(25(28)29)23(27)14-21/h2,13-20H,1,3-12H2,(H,28,29). The quantitative estimate of drug-likeness (QED) is 0.553. The summed E-state index contributed by atoms with van der Waals surface area (Å²) in [6, 6.07) is 2.50. The molecular formula is C25H32F2O2. The summed E-state index contributed by atoms with van der Waals surface area (Å²) in [5, 5.41) is 8.98. The highest BCUT2D eigenvalue weighted by atomic mass is 19.1. The zero-order valence-electron chi connectivity index (χ0n) is 17.1. The molecular weight excluding hydrogens is 370 g/mol. The fraction of sp³-hybridized carbons (Fsp3) is 0.640. The summed E-state index contributed by atoms with van der Waals surface area (Å²) < 4.78 is 28.3. The number of carboxylic acids is 1. The van der Waals surface area contributed by atoms with E-state index in [1.54, 1.807) is 0 Å². The van der Waals surface area contributed by atoms with E-state index in [2.05, 4.69) is 12.7 Å². The van der Waals surface area contributed by atoms with Gasteiger partial charge < -0.3 is 5.11 Å². The Morgan fingerprint density at radius 1 is 0.862 bits per heavy atom. The minimum Gasteiger partial charge on any atom is -0.477 e. The lowest BCUT2D eigenvalue weighted by atomic mass is 9.60. The molecule has 0 amide bonds. The summed E-state index contributed by atoms with van der Waals surface area (Å²) >= 11 is 0. The first-order valence-corrected chi connectivity index (χ1v) is 11.3. The van der Waals surface area contributed by atoms with Crippen LogP contribution in [0.4, 0.5) is 8.78 Å². The van der Waals surface area contributed by atoms with E-state index in [9.17, 15) is 13.6 Å². The second kappa shape index (κ2) is 8.57. The lowest BCUT2D eigenvalue weighted by Crippen LogP contribution is -2.34. The van der Waals surface area contributed by atoms with Gasteiger partial charge in [-0.2, -0.15) is 0 Å². The largest absolute Gasteiger partial charge is 0.477 e. The number of fused-ring (bicyclic) bond motifs is 1. The molecule has 3 saturated carbocycles. The van der Waals surface area contributed by atoms with Gasteiger partial charge in [-0.15, -0.1) is 6.58 Å². The Morgan fingerprint density at radius 3 is 1.97 bits per heavy atom. The molecule has 1 aromatic carbocycles. The van der Waals surface area contributed by atoms with Crippen molar-refractivity contribution in [3.8, 4) is 0 Å². The Morgan fingerprint density at radius 2 is 1.38 bits per heavy atom. The van der Waals surface area contributed by atoms with Gasteiger partial charge in [-0.05, 0) is 117 Å². The average Bonchev–Trinajstić information content (AvgIpc) is 2.72. The number of carboxylic acid groups (broad SMARTS) is 1. The molecule has 4 heteroatoms. The zero-order valence-corrected chi connectivity index (χ0v) is 17.1. The van der Waals surface area contributed by atoms with Crippen LogP contribution in [0.15, 0.2) is 24.8 Å². The first kappa shape index (κ1) is 20.6. The molecule has 3 fully saturated rings. The third-order valence-corrected chi connectivity index (χ3v) is 8.22. The molecule has 158 valence electrons.